The predicted molar refractivity (Wildman–Crippen MR) is 36.6 cm³/mol. The molecule has 0 radical (unpaired) electrons. The second kappa shape index (κ2) is 3.82. The molecule has 0 unspecified atom stereocenters. The number of alkyl halides is 3. The van der Waals surface area contributed by atoms with Crippen LogP contribution in [0.15, 0.2) is 0 Å². The molecule has 0 aromatic rings. The monoisotopic (exact) mass is 212 g/mol. The van der Waals surface area contributed by atoms with Crippen LogP contribution >= 0.6 is 0 Å². The first-order chi connectivity index (χ1) is 6.41. The fourth-order valence-electron chi connectivity index (χ4n) is 0.712. The lowest BCUT2D eigenvalue weighted by molar-refractivity contribution is -0.208. The van der Waals surface area contributed by atoms with Gasteiger partial charge in [-0.15, -0.1) is 0 Å². The van der Waals surface area contributed by atoms with Crippen molar-refractivity contribution in [3.05, 3.63) is 0 Å². The maximum Gasteiger partial charge on any atom is 0.493 e. The molecule has 1 saturated heterocycles. The Bertz CT molecular complexity index is 249. The van der Waals surface area contributed by atoms with E-state index in [1.165, 1.54) is 5.48 Å². The number of amides is 1. The zero-order chi connectivity index (χ0) is 10.8. The number of halogens is 3. The van der Waals surface area contributed by atoms with Crippen LogP contribution < -0.4 is 10.8 Å². The van der Waals surface area contributed by atoms with Gasteiger partial charge in [-0.3, -0.25) is 4.79 Å². The van der Waals surface area contributed by atoms with Gasteiger partial charge in [0.1, 0.15) is 0 Å². The molecular formula is C6H7F3N2O3. The first-order valence-electron chi connectivity index (χ1n) is 3.70. The van der Waals surface area contributed by atoms with Gasteiger partial charge in [0.05, 0.1) is 5.92 Å². The molecule has 1 aliphatic rings. The molecule has 80 valence electrons. The van der Waals surface area contributed by atoms with Crippen molar-refractivity contribution in [1.82, 2.24) is 10.8 Å². The summed E-state index contributed by atoms with van der Waals surface area (Å²) in [5.41, 5.74) is 1.44. The molecule has 0 bridgehead atoms. The lowest BCUT2D eigenvalue weighted by Crippen LogP contribution is -2.51. The summed E-state index contributed by atoms with van der Waals surface area (Å²) in [4.78, 5) is 24.5. The van der Waals surface area contributed by atoms with E-state index < -0.39 is 24.0 Å². The molecular weight excluding hydrogens is 205 g/mol. The second-order valence-corrected chi connectivity index (χ2v) is 2.71. The van der Waals surface area contributed by atoms with E-state index in [0.29, 0.717) is 13.1 Å². The lowest BCUT2D eigenvalue weighted by atomic mass is 10.0. The van der Waals surface area contributed by atoms with Gasteiger partial charge >= 0.3 is 12.1 Å². The van der Waals surface area contributed by atoms with Crippen LogP contribution in [-0.2, 0) is 14.4 Å². The van der Waals surface area contributed by atoms with Gasteiger partial charge in [0.25, 0.3) is 5.91 Å². The van der Waals surface area contributed by atoms with E-state index in [-0.39, 0.29) is 0 Å². The van der Waals surface area contributed by atoms with Gasteiger partial charge in [0, 0.05) is 13.1 Å². The number of hydrogen-bond acceptors (Lipinski definition) is 4. The summed E-state index contributed by atoms with van der Waals surface area (Å²) in [6.45, 7) is 0.741. The van der Waals surface area contributed by atoms with E-state index in [0.717, 1.165) is 0 Å². The van der Waals surface area contributed by atoms with E-state index in [4.69, 9.17) is 0 Å². The van der Waals surface area contributed by atoms with Crippen molar-refractivity contribution in [3.63, 3.8) is 0 Å². The smallest absolute Gasteiger partial charge is 0.332 e. The third kappa shape index (κ3) is 2.59. The Balaban J connectivity index is 2.26. The zero-order valence-corrected chi connectivity index (χ0v) is 6.85. The SMILES string of the molecule is O=C(NOC(=O)C(F)(F)F)C1CNC1. The molecule has 1 aliphatic heterocycles. The molecule has 0 aromatic heterocycles. The minimum atomic E-state index is -5.09. The van der Waals surface area contributed by atoms with Crippen LogP contribution in [0.5, 0.6) is 0 Å². The summed E-state index contributed by atoms with van der Waals surface area (Å²) < 4.78 is 34.7. The molecule has 1 rings (SSSR count). The van der Waals surface area contributed by atoms with Crippen LogP contribution in [0.25, 0.3) is 0 Å². The standard InChI is InChI=1S/C6H7F3N2O3/c7-6(8,9)5(13)14-11-4(12)3-1-10-2-3/h3,10H,1-2H2,(H,11,12). The molecule has 0 atom stereocenters. The Labute approximate surface area is 76.5 Å². The first kappa shape index (κ1) is 10.8. The van der Waals surface area contributed by atoms with Gasteiger partial charge < -0.3 is 10.2 Å². The molecule has 14 heavy (non-hydrogen) atoms. The maximum atomic E-state index is 11.6. The minimum Gasteiger partial charge on any atom is -0.332 e. The van der Waals surface area contributed by atoms with E-state index in [1.807, 2.05) is 0 Å². The largest absolute Gasteiger partial charge is 0.493 e. The van der Waals surface area contributed by atoms with Crippen molar-refractivity contribution in [1.29, 1.82) is 0 Å². The molecule has 0 saturated carbocycles. The van der Waals surface area contributed by atoms with Gasteiger partial charge in [0.15, 0.2) is 0 Å². The van der Waals surface area contributed by atoms with Crippen LogP contribution in [0, 0.1) is 5.92 Å². The molecule has 0 aromatic carbocycles. The Morgan fingerprint density at radius 2 is 1.93 bits per heavy atom. The summed E-state index contributed by atoms with van der Waals surface area (Å²) >= 11 is 0. The van der Waals surface area contributed by atoms with Crippen LogP contribution in [0.4, 0.5) is 13.2 Å². The van der Waals surface area contributed by atoms with E-state index in [2.05, 4.69) is 10.2 Å². The molecule has 8 heteroatoms. The number of rotatable bonds is 1. The maximum absolute atomic E-state index is 11.6. The zero-order valence-electron chi connectivity index (χ0n) is 6.85. The fraction of sp³-hybridized carbons (Fsp3) is 0.667. The van der Waals surface area contributed by atoms with Gasteiger partial charge in [-0.05, 0) is 0 Å². The average Bonchev–Trinajstić information content (AvgIpc) is 1.94. The van der Waals surface area contributed by atoms with Gasteiger partial charge in [0.2, 0.25) is 0 Å². The normalized spacial score (nSPS) is 17.1. The van der Waals surface area contributed by atoms with Gasteiger partial charge in [-0.2, -0.15) is 18.7 Å². The van der Waals surface area contributed by atoms with Crippen LogP contribution in [0.3, 0.4) is 0 Å². The predicted octanol–water partition coefficient (Wildman–Crippen LogP) is -0.658. The van der Waals surface area contributed by atoms with Crippen molar-refractivity contribution in [2.75, 3.05) is 13.1 Å². The molecule has 5 nitrogen and oxygen atoms in total. The van der Waals surface area contributed by atoms with Crippen LogP contribution in [0.2, 0.25) is 0 Å². The molecule has 1 fully saturated rings. The quantitative estimate of drug-likeness (QED) is 0.566. The van der Waals surface area contributed by atoms with Gasteiger partial charge in [-0.1, -0.05) is 0 Å². The van der Waals surface area contributed by atoms with Crippen molar-refractivity contribution in [2.45, 2.75) is 6.18 Å². The topological polar surface area (TPSA) is 67.4 Å². The average molecular weight is 212 g/mol. The highest BCUT2D eigenvalue weighted by Gasteiger charge is 2.42. The van der Waals surface area contributed by atoms with Crippen LogP contribution in [-0.4, -0.2) is 31.1 Å². The van der Waals surface area contributed by atoms with Crippen molar-refractivity contribution in [2.24, 2.45) is 5.92 Å². The number of carbonyl (C=O) groups is 2. The summed E-state index contributed by atoms with van der Waals surface area (Å²) in [5, 5.41) is 2.74. The van der Waals surface area contributed by atoms with Gasteiger partial charge in [-0.25, -0.2) is 4.79 Å². The Kier molecular flexibility index (Phi) is 2.94. The molecule has 0 spiro atoms. The van der Waals surface area contributed by atoms with E-state index in [9.17, 15) is 22.8 Å². The molecule has 1 amide bonds. The summed E-state index contributed by atoms with van der Waals surface area (Å²) in [6, 6.07) is 0. The molecule has 2 N–H and O–H groups in total. The number of hydrogen-bond donors (Lipinski definition) is 2. The van der Waals surface area contributed by atoms with Crippen LogP contribution in [0.1, 0.15) is 0 Å². The van der Waals surface area contributed by atoms with Crippen molar-refractivity contribution >= 4 is 11.9 Å². The Morgan fingerprint density at radius 1 is 1.36 bits per heavy atom. The fourth-order valence-corrected chi connectivity index (χ4v) is 0.712. The lowest BCUT2D eigenvalue weighted by Gasteiger charge is -2.25. The number of nitrogens with one attached hydrogen (secondary N) is 2. The van der Waals surface area contributed by atoms with Crippen molar-refractivity contribution in [3.8, 4) is 0 Å². The highest BCUT2D eigenvalue weighted by atomic mass is 19.4. The third-order valence-electron chi connectivity index (χ3n) is 1.63. The number of hydroxylamine groups is 1. The summed E-state index contributed by atoms with van der Waals surface area (Å²) in [7, 11) is 0. The molecule has 1 heterocycles. The van der Waals surface area contributed by atoms with E-state index >= 15 is 0 Å². The first-order valence-corrected chi connectivity index (χ1v) is 3.70. The number of carbonyl (C=O) groups excluding carboxylic acids is 2. The highest BCUT2D eigenvalue weighted by molar-refractivity contribution is 5.82. The molecule has 0 aliphatic carbocycles. The van der Waals surface area contributed by atoms with Crippen molar-refractivity contribution < 1.29 is 27.6 Å². The Morgan fingerprint density at radius 3 is 2.29 bits per heavy atom. The second-order valence-electron chi connectivity index (χ2n) is 2.71. The Hall–Kier alpha value is -1.31. The summed E-state index contributed by atoms with van der Waals surface area (Å²) in [5.74, 6) is -3.60. The van der Waals surface area contributed by atoms with E-state index in [1.54, 1.807) is 0 Å². The minimum absolute atomic E-state index is 0.370. The third-order valence-corrected chi connectivity index (χ3v) is 1.63. The highest BCUT2D eigenvalue weighted by Crippen LogP contribution is 2.15. The summed E-state index contributed by atoms with van der Waals surface area (Å²) in [6.07, 6.45) is -5.09.